The van der Waals surface area contributed by atoms with Crippen LogP contribution in [0.4, 0.5) is 5.13 Å². The van der Waals surface area contributed by atoms with E-state index >= 15 is 0 Å². The molecular formula is C11H12BrN3OS. The smallest absolute Gasteiger partial charge is 0.186 e. The highest BCUT2D eigenvalue weighted by Crippen LogP contribution is 2.29. The SMILES string of the molecule is Brc1ccc(-c2csc(N3CCNCC3)n2)o1. The Morgan fingerprint density at radius 2 is 2.18 bits per heavy atom. The molecule has 3 rings (SSSR count). The van der Waals surface area contributed by atoms with E-state index < -0.39 is 0 Å². The summed E-state index contributed by atoms with van der Waals surface area (Å²) in [5.74, 6) is 0.814. The molecule has 0 aliphatic carbocycles. The van der Waals surface area contributed by atoms with Gasteiger partial charge in [0.15, 0.2) is 15.6 Å². The van der Waals surface area contributed by atoms with E-state index in [1.165, 1.54) is 0 Å². The Labute approximate surface area is 112 Å². The minimum Gasteiger partial charge on any atom is -0.448 e. The van der Waals surface area contributed by atoms with E-state index in [0.29, 0.717) is 0 Å². The maximum Gasteiger partial charge on any atom is 0.186 e. The van der Waals surface area contributed by atoms with Crippen LogP contribution in [0, 0.1) is 0 Å². The fraction of sp³-hybridized carbons (Fsp3) is 0.364. The molecule has 17 heavy (non-hydrogen) atoms. The summed E-state index contributed by atoms with van der Waals surface area (Å²) >= 11 is 4.97. The molecule has 3 heterocycles. The molecule has 0 atom stereocenters. The summed E-state index contributed by atoms with van der Waals surface area (Å²) < 4.78 is 6.24. The molecule has 1 saturated heterocycles. The molecule has 2 aromatic heterocycles. The van der Waals surface area contributed by atoms with Gasteiger partial charge in [0, 0.05) is 31.6 Å². The number of piperazine rings is 1. The van der Waals surface area contributed by atoms with Crippen molar-refractivity contribution in [2.75, 3.05) is 31.1 Å². The van der Waals surface area contributed by atoms with Gasteiger partial charge in [-0.25, -0.2) is 4.98 Å². The van der Waals surface area contributed by atoms with Crippen molar-refractivity contribution < 1.29 is 4.42 Å². The molecule has 0 unspecified atom stereocenters. The number of aromatic nitrogens is 1. The molecule has 1 fully saturated rings. The van der Waals surface area contributed by atoms with Crippen LogP contribution in [-0.2, 0) is 0 Å². The lowest BCUT2D eigenvalue weighted by Gasteiger charge is -2.26. The zero-order valence-electron chi connectivity index (χ0n) is 9.15. The third-order valence-electron chi connectivity index (χ3n) is 2.71. The van der Waals surface area contributed by atoms with Gasteiger partial charge in [-0.3, -0.25) is 0 Å². The Morgan fingerprint density at radius 1 is 1.35 bits per heavy atom. The summed E-state index contributed by atoms with van der Waals surface area (Å²) in [6, 6.07) is 3.82. The second-order valence-electron chi connectivity index (χ2n) is 3.86. The molecule has 2 aromatic rings. The number of nitrogens with zero attached hydrogens (tertiary/aromatic N) is 2. The van der Waals surface area contributed by atoms with Crippen LogP contribution in [0.5, 0.6) is 0 Å². The van der Waals surface area contributed by atoms with Gasteiger partial charge in [-0.15, -0.1) is 11.3 Å². The van der Waals surface area contributed by atoms with Crippen LogP contribution in [0.1, 0.15) is 0 Å². The van der Waals surface area contributed by atoms with Crippen LogP contribution in [0.25, 0.3) is 11.5 Å². The second-order valence-corrected chi connectivity index (χ2v) is 5.47. The van der Waals surface area contributed by atoms with Crippen LogP contribution in [0.15, 0.2) is 26.6 Å². The maximum atomic E-state index is 5.50. The number of anilines is 1. The number of nitrogens with one attached hydrogen (secondary N) is 1. The van der Waals surface area contributed by atoms with E-state index in [4.69, 9.17) is 4.42 Å². The Balaban J connectivity index is 1.82. The fourth-order valence-corrected chi connectivity index (χ4v) is 3.01. The number of hydrogen-bond donors (Lipinski definition) is 1. The number of halogens is 1. The van der Waals surface area contributed by atoms with Crippen LogP contribution in [-0.4, -0.2) is 31.2 Å². The van der Waals surface area contributed by atoms with Crippen molar-refractivity contribution in [2.24, 2.45) is 0 Å². The highest BCUT2D eigenvalue weighted by Gasteiger charge is 2.15. The molecule has 0 saturated carbocycles. The molecular weight excluding hydrogens is 302 g/mol. The van der Waals surface area contributed by atoms with Crippen molar-refractivity contribution in [3.63, 3.8) is 0 Å². The highest BCUT2D eigenvalue weighted by atomic mass is 79.9. The first-order valence-electron chi connectivity index (χ1n) is 5.50. The van der Waals surface area contributed by atoms with Crippen LogP contribution >= 0.6 is 27.3 Å². The minimum atomic E-state index is 0.740. The van der Waals surface area contributed by atoms with Gasteiger partial charge in [-0.1, -0.05) is 0 Å². The van der Waals surface area contributed by atoms with Gasteiger partial charge in [0.2, 0.25) is 0 Å². The molecule has 0 amide bonds. The van der Waals surface area contributed by atoms with E-state index in [1.807, 2.05) is 17.5 Å². The first-order valence-corrected chi connectivity index (χ1v) is 7.17. The Hall–Kier alpha value is -0.850. The van der Waals surface area contributed by atoms with Crippen molar-refractivity contribution in [3.05, 3.63) is 22.2 Å². The van der Waals surface area contributed by atoms with Gasteiger partial charge in [-0.2, -0.15) is 0 Å². The van der Waals surface area contributed by atoms with Crippen molar-refractivity contribution in [2.45, 2.75) is 0 Å². The predicted molar refractivity (Wildman–Crippen MR) is 72.6 cm³/mol. The van der Waals surface area contributed by atoms with Gasteiger partial charge >= 0.3 is 0 Å². The summed E-state index contributed by atoms with van der Waals surface area (Å²) in [6.45, 7) is 4.10. The van der Waals surface area contributed by atoms with E-state index in [0.717, 1.165) is 47.4 Å². The maximum absolute atomic E-state index is 5.50. The van der Waals surface area contributed by atoms with Gasteiger partial charge in [0.05, 0.1) is 0 Å². The number of rotatable bonds is 2. The molecule has 1 aliphatic heterocycles. The highest BCUT2D eigenvalue weighted by molar-refractivity contribution is 9.10. The average molecular weight is 314 g/mol. The van der Waals surface area contributed by atoms with Gasteiger partial charge in [-0.05, 0) is 28.1 Å². The van der Waals surface area contributed by atoms with Crippen LogP contribution < -0.4 is 10.2 Å². The zero-order valence-corrected chi connectivity index (χ0v) is 11.6. The van der Waals surface area contributed by atoms with Crippen LogP contribution in [0.3, 0.4) is 0 Å². The number of hydrogen-bond acceptors (Lipinski definition) is 5. The van der Waals surface area contributed by atoms with Crippen molar-refractivity contribution in [1.82, 2.24) is 10.3 Å². The minimum absolute atomic E-state index is 0.740. The Morgan fingerprint density at radius 3 is 2.88 bits per heavy atom. The first kappa shape index (κ1) is 11.3. The number of thiazole rings is 1. The summed E-state index contributed by atoms with van der Waals surface area (Å²) in [7, 11) is 0. The van der Waals surface area contributed by atoms with Gasteiger partial charge < -0.3 is 14.6 Å². The van der Waals surface area contributed by atoms with Crippen molar-refractivity contribution >= 4 is 32.4 Å². The molecule has 0 spiro atoms. The molecule has 1 aliphatic rings. The topological polar surface area (TPSA) is 41.3 Å². The number of furan rings is 1. The second kappa shape index (κ2) is 4.80. The fourth-order valence-electron chi connectivity index (χ4n) is 1.83. The Bertz CT molecular complexity index is 504. The predicted octanol–water partition coefficient (Wildman–Crippen LogP) is 2.58. The first-order chi connectivity index (χ1) is 8.33. The average Bonchev–Trinajstić information content (AvgIpc) is 2.98. The van der Waals surface area contributed by atoms with Crippen LogP contribution in [0.2, 0.25) is 0 Å². The van der Waals surface area contributed by atoms with Crippen molar-refractivity contribution in [3.8, 4) is 11.5 Å². The third kappa shape index (κ3) is 2.38. The summed E-state index contributed by atoms with van der Waals surface area (Å²) in [4.78, 5) is 6.93. The molecule has 4 nitrogen and oxygen atoms in total. The molecule has 0 bridgehead atoms. The van der Waals surface area contributed by atoms with Gasteiger partial charge in [0.25, 0.3) is 0 Å². The standard InChI is InChI=1S/C11H12BrN3OS/c12-10-2-1-9(16-10)8-7-17-11(14-8)15-5-3-13-4-6-15/h1-2,7,13H,3-6H2. The van der Waals surface area contributed by atoms with E-state index in [2.05, 4.69) is 31.1 Å². The molecule has 90 valence electrons. The Kier molecular flexibility index (Phi) is 3.17. The zero-order chi connectivity index (χ0) is 11.7. The molecule has 1 N–H and O–H groups in total. The normalized spacial score (nSPS) is 16.4. The van der Waals surface area contributed by atoms with Crippen molar-refractivity contribution in [1.29, 1.82) is 0 Å². The summed E-state index contributed by atoms with van der Waals surface area (Å²) in [5.41, 5.74) is 0.911. The quantitative estimate of drug-likeness (QED) is 0.925. The van der Waals surface area contributed by atoms with Gasteiger partial charge in [0.1, 0.15) is 5.69 Å². The summed E-state index contributed by atoms with van der Waals surface area (Å²) in [5, 5.41) is 6.46. The molecule has 0 radical (unpaired) electrons. The molecule has 0 aromatic carbocycles. The van der Waals surface area contributed by atoms with E-state index in [1.54, 1.807) is 11.3 Å². The lowest BCUT2D eigenvalue weighted by Crippen LogP contribution is -2.43. The summed E-state index contributed by atoms with van der Waals surface area (Å²) in [6.07, 6.45) is 0. The monoisotopic (exact) mass is 313 g/mol. The van der Waals surface area contributed by atoms with E-state index in [-0.39, 0.29) is 0 Å². The molecule has 6 heteroatoms. The largest absolute Gasteiger partial charge is 0.448 e. The lowest BCUT2D eigenvalue weighted by molar-refractivity contribution is 0.553. The van der Waals surface area contributed by atoms with E-state index in [9.17, 15) is 0 Å². The third-order valence-corrected chi connectivity index (χ3v) is 4.03. The lowest BCUT2D eigenvalue weighted by atomic mass is 10.4.